The topological polar surface area (TPSA) is 29.1 Å². The van der Waals surface area contributed by atoms with Crippen molar-refractivity contribution >= 4 is 42.7 Å². The average molecular weight is 712 g/mol. The summed E-state index contributed by atoms with van der Waals surface area (Å²) in [4.78, 5) is 13.6. The Labute approximate surface area is 229 Å². The van der Waals surface area contributed by atoms with Crippen molar-refractivity contribution in [3.63, 3.8) is 0 Å². The molecule has 0 heterocycles. The number of carbonyl (C=O) groups is 1. The molecule has 6 heteroatoms. The predicted octanol–water partition coefficient (Wildman–Crippen LogP) is 6.03. The van der Waals surface area contributed by atoms with E-state index in [1.54, 1.807) is 0 Å². The molecule has 4 aromatic rings. The fourth-order valence-corrected chi connectivity index (χ4v) is 58.2. The van der Waals surface area contributed by atoms with Gasteiger partial charge in [0, 0.05) is 0 Å². The summed E-state index contributed by atoms with van der Waals surface area (Å²) < 4.78 is 4.47. The zero-order valence-corrected chi connectivity index (χ0v) is 27.4. The van der Waals surface area contributed by atoms with Crippen LogP contribution in [0.2, 0.25) is 0 Å². The van der Waals surface area contributed by atoms with Gasteiger partial charge in [0.2, 0.25) is 0 Å². The molecule has 1 aliphatic rings. The number of benzene rings is 4. The molecule has 0 saturated heterocycles. The average Bonchev–Trinajstić information content (AvgIpc) is 3.29. The molecule has 1 aliphatic carbocycles. The molecule has 189 valence electrons. The van der Waals surface area contributed by atoms with Gasteiger partial charge in [-0.05, 0) is 0 Å². The number of carbonyl (C=O) groups excluding carboxylic acids is 1. The third kappa shape index (κ3) is 5.18. The summed E-state index contributed by atoms with van der Waals surface area (Å²) in [6.07, 6.45) is 4.13. The molecule has 0 aromatic heterocycles. The van der Waals surface area contributed by atoms with Gasteiger partial charge in [-0.25, -0.2) is 0 Å². The van der Waals surface area contributed by atoms with Crippen LogP contribution in [0.15, 0.2) is 103 Å². The third-order valence-corrected chi connectivity index (χ3v) is 55.9. The normalized spacial score (nSPS) is 13.5. The monoisotopic (exact) mass is 712 g/mol. The van der Waals surface area contributed by atoms with Crippen LogP contribution in [-0.4, -0.2) is 11.9 Å². The molecule has 0 aliphatic heterocycles. The van der Waals surface area contributed by atoms with Crippen LogP contribution in [-0.2, 0) is 26.8 Å². The standard InChI is InChI=1S/C13H9.C12H11Si.C6H13NO.2ClH.Hf/c1-3-7-12-10(5-1)9-11-6-2-4-8-13(11)12;1-3-7-11(8-4-1)13-12-9-5-2-6-10-12;1-2-3-4-5-6(7)8;;;/h1-5,7-8H,9H2;1-10,13H;2-5H2,1H3,(H2,7,8);2*1H;/q;;;;;+3/p-3. The summed E-state index contributed by atoms with van der Waals surface area (Å²) in [6, 6.07) is 35.7. The van der Waals surface area contributed by atoms with Crippen molar-refractivity contribution in [2.45, 2.75) is 39.0 Å². The van der Waals surface area contributed by atoms with Crippen molar-refractivity contribution in [3.05, 3.63) is 114 Å². The van der Waals surface area contributed by atoms with Crippen LogP contribution in [0.5, 0.6) is 0 Å². The summed E-state index contributed by atoms with van der Waals surface area (Å²) in [5, 5.41) is 2.33. The Kier molecular flexibility index (Phi) is 7.93. The molecule has 37 heavy (non-hydrogen) atoms. The van der Waals surface area contributed by atoms with Gasteiger partial charge in [-0.1, -0.05) is 0 Å². The van der Waals surface area contributed by atoms with Crippen LogP contribution in [0.4, 0.5) is 0 Å². The van der Waals surface area contributed by atoms with Crippen molar-refractivity contribution < 1.29 is 20.4 Å². The molecule has 0 saturated carbocycles. The van der Waals surface area contributed by atoms with E-state index in [0.29, 0.717) is 6.42 Å². The fraction of sp³-hybridized carbons (Fsp3) is 0.194. The van der Waals surface area contributed by atoms with E-state index in [1.807, 2.05) is 12.1 Å². The van der Waals surface area contributed by atoms with Crippen LogP contribution >= 0.6 is 17.2 Å². The van der Waals surface area contributed by atoms with Crippen molar-refractivity contribution in [2.24, 2.45) is 0 Å². The number of rotatable bonds is 9. The summed E-state index contributed by atoms with van der Waals surface area (Å²) in [5.74, 6) is -2.36. The van der Waals surface area contributed by atoms with Crippen LogP contribution in [0, 0.1) is 0 Å². The number of halogens is 2. The van der Waals surface area contributed by atoms with Crippen LogP contribution in [0.1, 0.15) is 43.7 Å². The summed E-state index contributed by atoms with van der Waals surface area (Å²) in [5.41, 5.74) is 4.89. The van der Waals surface area contributed by atoms with Gasteiger partial charge in [-0.2, -0.15) is 0 Å². The molecule has 0 atom stereocenters. The van der Waals surface area contributed by atoms with E-state index in [1.165, 1.54) is 22.3 Å². The number of amides is 1. The number of hydrogen-bond donors (Lipinski definition) is 1. The maximum absolute atomic E-state index is 13.6. The van der Waals surface area contributed by atoms with Gasteiger partial charge in [-0.15, -0.1) is 0 Å². The van der Waals surface area contributed by atoms with Crippen LogP contribution in [0.25, 0.3) is 11.1 Å². The molecule has 5 rings (SSSR count). The Hall–Kier alpha value is -1.98. The number of hydrogen-bond acceptors (Lipinski definition) is 1. The van der Waals surface area contributed by atoms with Gasteiger partial charge in [0.1, 0.15) is 0 Å². The first-order valence-corrected chi connectivity index (χ1v) is 33.6. The molecule has 4 aromatic carbocycles. The van der Waals surface area contributed by atoms with E-state index in [-0.39, 0.29) is 5.91 Å². The van der Waals surface area contributed by atoms with Gasteiger partial charge >= 0.3 is 231 Å². The van der Waals surface area contributed by atoms with Gasteiger partial charge in [0.15, 0.2) is 0 Å². The van der Waals surface area contributed by atoms with Crippen molar-refractivity contribution in [2.75, 3.05) is 0 Å². The Morgan fingerprint density at radius 2 is 1.38 bits per heavy atom. The zero-order chi connectivity index (χ0) is 25.9. The first kappa shape index (κ1) is 26.6. The molecular formula is C31H32Cl2HfNOSi. The number of fused-ring (bicyclic) bond motifs is 3. The zero-order valence-electron chi connectivity index (χ0n) is 21.1. The first-order valence-electron chi connectivity index (χ1n) is 13.1. The molecule has 2 nitrogen and oxygen atoms in total. The fourth-order valence-electron chi connectivity index (χ4n) is 5.80. The Balaban J connectivity index is 1.74. The van der Waals surface area contributed by atoms with E-state index in [9.17, 15) is 4.79 Å². The molecule has 1 N–H and O–H groups in total. The molecule has 0 spiro atoms. The second kappa shape index (κ2) is 11.0. The summed E-state index contributed by atoms with van der Waals surface area (Å²) in [6.45, 7) is 2.14. The second-order valence-corrected chi connectivity index (χ2v) is 58.9. The van der Waals surface area contributed by atoms with Gasteiger partial charge in [-0.3, -0.25) is 0 Å². The van der Waals surface area contributed by atoms with Crippen molar-refractivity contribution in [1.82, 2.24) is 3.30 Å². The molecule has 0 radical (unpaired) electrons. The van der Waals surface area contributed by atoms with E-state index in [2.05, 4.69) is 101 Å². The first-order chi connectivity index (χ1) is 17.9. The van der Waals surface area contributed by atoms with Gasteiger partial charge in [0.05, 0.1) is 0 Å². The number of nitrogens with one attached hydrogen (secondary N) is 1. The number of unbranched alkanes of at least 4 members (excludes halogenated alkanes) is 2. The Morgan fingerprint density at radius 1 is 0.784 bits per heavy atom. The van der Waals surface area contributed by atoms with Crippen LogP contribution in [0.3, 0.4) is 0 Å². The van der Waals surface area contributed by atoms with E-state index >= 15 is 0 Å². The predicted molar refractivity (Wildman–Crippen MR) is 158 cm³/mol. The van der Waals surface area contributed by atoms with Crippen molar-refractivity contribution in [3.8, 4) is 11.1 Å². The molecule has 0 unspecified atom stereocenters. The van der Waals surface area contributed by atoms with Gasteiger partial charge < -0.3 is 0 Å². The van der Waals surface area contributed by atoms with Gasteiger partial charge in [0.25, 0.3) is 0 Å². The molecule has 0 bridgehead atoms. The Bertz CT molecular complexity index is 1370. The van der Waals surface area contributed by atoms with E-state index < -0.39 is 21.6 Å². The minimum atomic E-state index is -5.48. The van der Waals surface area contributed by atoms with E-state index in [4.69, 9.17) is 17.2 Å². The molecule has 1 amide bonds. The quantitative estimate of drug-likeness (QED) is 0.147. The molecular weight excluding hydrogens is 680 g/mol. The maximum atomic E-state index is 13.6. The van der Waals surface area contributed by atoms with Crippen LogP contribution < -0.4 is 17.0 Å². The SMILES string of the molecule is CCCCCC(=O)[NH][Hf]([Cl])([Cl])([c]1cccc2c1Cc1ccccc1-2)[SiH](c1ccccc1)c1ccccc1. The summed E-state index contributed by atoms with van der Waals surface area (Å²) in [7, 11) is 16.2. The minimum absolute atomic E-state index is 0.0220. The second-order valence-electron chi connectivity index (χ2n) is 10.0. The summed E-state index contributed by atoms with van der Waals surface area (Å²) >= 11 is -5.48. The van der Waals surface area contributed by atoms with E-state index in [0.717, 1.165) is 39.4 Å². The third-order valence-electron chi connectivity index (χ3n) is 7.49. The Morgan fingerprint density at radius 3 is 2.03 bits per heavy atom. The van der Waals surface area contributed by atoms with Crippen molar-refractivity contribution in [1.29, 1.82) is 0 Å². The molecule has 0 fully saturated rings.